The molecule has 2 heteroatoms. The molecule has 0 unspecified atom stereocenters. The van der Waals surface area contributed by atoms with Crippen LogP contribution in [-0.4, -0.2) is 16.5 Å². The van der Waals surface area contributed by atoms with Crippen LogP contribution >= 0.6 is 18.9 Å². The number of hydrogen-bond donors (Lipinski definition) is 0. The Balaban J connectivity index is 2.69. The molecule has 0 N–H and O–H groups in total. The molecule has 0 amide bonds. The standard InChI is InChI=1S/C9H19.HI.Mg/c1-3-5-7-9-8-6-4-2;;/h1,3-9H2,2H3;1H;/q;;+1/p-1. The van der Waals surface area contributed by atoms with Crippen LogP contribution in [0.15, 0.2) is 0 Å². The minimum absolute atomic E-state index is 0.340. The van der Waals surface area contributed by atoms with E-state index in [1.165, 1.54) is 44.9 Å². The summed E-state index contributed by atoms with van der Waals surface area (Å²) in [5.41, 5.74) is 0. The van der Waals surface area contributed by atoms with Gasteiger partial charge in [-0.15, -0.1) is 4.55 Å². The van der Waals surface area contributed by atoms with Crippen molar-refractivity contribution >= 4 is 35.3 Å². The third-order valence-corrected chi connectivity index (χ3v) is 5.04. The van der Waals surface area contributed by atoms with Gasteiger partial charge in [0.05, 0.1) is 0 Å². The third-order valence-electron chi connectivity index (χ3n) is 1.99. The van der Waals surface area contributed by atoms with E-state index in [2.05, 4.69) is 25.8 Å². The predicted octanol–water partition coefficient (Wildman–Crippen LogP) is 4.21. The van der Waals surface area contributed by atoms with Gasteiger partial charge in [0.15, 0.2) is 0 Å². The Morgan fingerprint density at radius 3 is 2.00 bits per heavy atom. The molecule has 0 aliphatic heterocycles. The molecule has 0 radical (unpaired) electrons. The van der Waals surface area contributed by atoms with Crippen LogP contribution in [0.2, 0.25) is 4.55 Å². The van der Waals surface area contributed by atoms with E-state index >= 15 is 0 Å². The second-order valence-electron chi connectivity index (χ2n) is 3.16. The molecule has 0 saturated carbocycles. The number of hydrogen-bond acceptors (Lipinski definition) is 0. The van der Waals surface area contributed by atoms with Crippen LogP contribution in [0, 0.1) is 0 Å². The summed E-state index contributed by atoms with van der Waals surface area (Å²) in [6, 6.07) is 0. The van der Waals surface area contributed by atoms with Gasteiger partial charge in [-0.3, -0.25) is 0 Å². The van der Waals surface area contributed by atoms with Crippen molar-refractivity contribution in [1.29, 1.82) is 0 Å². The Bertz CT molecular complexity index is 58.6. The molecule has 0 rings (SSSR count). The molecule has 0 aliphatic carbocycles. The van der Waals surface area contributed by atoms with Crippen LogP contribution in [0.5, 0.6) is 0 Å². The topological polar surface area (TPSA) is 0 Å². The van der Waals surface area contributed by atoms with Gasteiger partial charge >= 0.3 is 16.5 Å². The molecule has 0 fully saturated rings. The van der Waals surface area contributed by atoms with Crippen molar-refractivity contribution in [2.45, 2.75) is 56.4 Å². The minimum Gasteiger partial charge on any atom is -0.301 e. The molecule has 0 spiro atoms. The zero-order valence-electron chi connectivity index (χ0n) is 7.74. The second-order valence-corrected chi connectivity index (χ2v) is 7.49. The first kappa shape index (κ1) is 12.5. The van der Waals surface area contributed by atoms with Crippen molar-refractivity contribution in [1.82, 2.24) is 0 Å². The molecule has 0 saturated heterocycles. The van der Waals surface area contributed by atoms with E-state index < -0.39 is 0 Å². The minimum atomic E-state index is 0.340. The van der Waals surface area contributed by atoms with Gasteiger partial charge in [0, 0.05) is 0 Å². The van der Waals surface area contributed by atoms with E-state index in [1.54, 1.807) is 4.55 Å². The predicted molar refractivity (Wildman–Crippen MR) is 62.6 cm³/mol. The highest BCUT2D eigenvalue weighted by atomic mass is 127. The van der Waals surface area contributed by atoms with E-state index in [-0.39, 0.29) is 0 Å². The van der Waals surface area contributed by atoms with Crippen molar-refractivity contribution in [3.63, 3.8) is 0 Å². The third kappa shape index (κ3) is 11.5. The van der Waals surface area contributed by atoms with Crippen LogP contribution < -0.4 is 0 Å². The normalized spacial score (nSPS) is 9.64. The summed E-state index contributed by atoms with van der Waals surface area (Å²) in [7, 11) is 0. The van der Waals surface area contributed by atoms with Crippen LogP contribution in [-0.2, 0) is 0 Å². The van der Waals surface area contributed by atoms with Crippen molar-refractivity contribution < 1.29 is 0 Å². The SMILES string of the molecule is CCCCCCCC[CH2][Mg][I]. The average molecular weight is 278 g/mol. The Morgan fingerprint density at radius 2 is 1.45 bits per heavy atom. The Hall–Kier alpha value is 1.50. The van der Waals surface area contributed by atoms with Crippen LogP contribution in [0.1, 0.15) is 51.9 Å². The molecule has 0 nitrogen and oxygen atoms in total. The molecular formula is C9H19IMg. The molecule has 0 aromatic carbocycles. The fraction of sp³-hybridized carbons (Fsp3) is 1.00. The van der Waals surface area contributed by atoms with Crippen molar-refractivity contribution in [3.8, 4) is 0 Å². The van der Waals surface area contributed by atoms with Crippen molar-refractivity contribution in [2.24, 2.45) is 0 Å². The highest BCUT2D eigenvalue weighted by Crippen LogP contribution is 2.08. The summed E-state index contributed by atoms with van der Waals surface area (Å²) in [5.74, 6) is 0. The molecule has 0 aromatic rings. The highest BCUT2D eigenvalue weighted by Gasteiger charge is 1.91. The largest absolute Gasteiger partial charge is 0.463 e. The van der Waals surface area contributed by atoms with E-state index in [0.29, 0.717) is 16.5 Å². The first-order chi connectivity index (χ1) is 5.41. The summed E-state index contributed by atoms with van der Waals surface area (Å²) >= 11 is 2.94. The van der Waals surface area contributed by atoms with Crippen LogP contribution in [0.25, 0.3) is 0 Å². The molecule has 11 heavy (non-hydrogen) atoms. The summed E-state index contributed by atoms with van der Waals surface area (Å²) < 4.78 is 1.56. The van der Waals surface area contributed by atoms with E-state index in [0.717, 1.165) is 0 Å². The maximum atomic E-state index is 2.60. The van der Waals surface area contributed by atoms with Gasteiger partial charge in [0.25, 0.3) is 0 Å². The first-order valence-corrected chi connectivity index (χ1v) is 11.1. The van der Waals surface area contributed by atoms with Gasteiger partial charge in [-0.1, -0.05) is 51.9 Å². The maximum Gasteiger partial charge on any atom is 0.463 e. The smallest absolute Gasteiger partial charge is 0.301 e. The van der Waals surface area contributed by atoms with Gasteiger partial charge < -0.3 is 18.9 Å². The summed E-state index contributed by atoms with van der Waals surface area (Å²) in [6.07, 6.45) is 10.3. The Morgan fingerprint density at radius 1 is 0.909 bits per heavy atom. The van der Waals surface area contributed by atoms with E-state index in [4.69, 9.17) is 0 Å². The molecule has 0 aliphatic rings. The number of unbranched alkanes of at least 4 members (excludes halogenated alkanes) is 6. The van der Waals surface area contributed by atoms with Crippen molar-refractivity contribution in [3.05, 3.63) is 0 Å². The van der Waals surface area contributed by atoms with Crippen molar-refractivity contribution in [2.75, 3.05) is 0 Å². The summed E-state index contributed by atoms with van der Waals surface area (Å²) in [4.78, 5) is 0. The highest BCUT2D eigenvalue weighted by molar-refractivity contribution is 14.1. The molecule has 0 atom stereocenters. The van der Waals surface area contributed by atoms with E-state index in [1.807, 2.05) is 0 Å². The van der Waals surface area contributed by atoms with E-state index in [9.17, 15) is 0 Å². The first-order valence-electron chi connectivity index (χ1n) is 4.97. The molecule has 64 valence electrons. The van der Waals surface area contributed by atoms with Gasteiger partial charge in [-0.2, -0.15) is 0 Å². The fourth-order valence-corrected chi connectivity index (χ4v) is 3.39. The second kappa shape index (κ2) is 11.5. The quantitative estimate of drug-likeness (QED) is 0.354. The van der Waals surface area contributed by atoms with Crippen LogP contribution in [0.4, 0.5) is 0 Å². The molecule has 0 aromatic heterocycles. The van der Waals surface area contributed by atoms with Crippen LogP contribution in [0.3, 0.4) is 0 Å². The maximum absolute atomic E-state index is 2.60. The molecule has 0 heterocycles. The Kier molecular flexibility index (Phi) is 13.1. The number of halogens is 1. The molecular weight excluding hydrogens is 259 g/mol. The lowest BCUT2D eigenvalue weighted by Crippen LogP contribution is -1.81. The lowest BCUT2D eigenvalue weighted by molar-refractivity contribution is 0.602. The monoisotopic (exact) mass is 278 g/mol. The van der Waals surface area contributed by atoms with Gasteiger partial charge in [0.1, 0.15) is 0 Å². The Labute approximate surface area is 91.0 Å². The zero-order valence-corrected chi connectivity index (χ0v) is 11.3. The lowest BCUT2D eigenvalue weighted by Gasteiger charge is -1.98. The average Bonchev–Trinajstić information content (AvgIpc) is 2.03. The lowest BCUT2D eigenvalue weighted by atomic mass is 10.1. The van der Waals surface area contributed by atoms with Gasteiger partial charge in [0.2, 0.25) is 0 Å². The summed E-state index contributed by atoms with van der Waals surface area (Å²) in [6.45, 7) is 2.28. The van der Waals surface area contributed by atoms with Gasteiger partial charge in [-0.25, -0.2) is 0 Å². The molecule has 0 bridgehead atoms. The summed E-state index contributed by atoms with van der Waals surface area (Å²) in [5, 5.41) is 0. The zero-order chi connectivity index (χ0) is 8.36. The van der Waals surface area contributed by atoms with Gasteiger partial charge in [-0.05, 0) is 0 Å². The number of rotatable bonds is 8. The fourth-order valence-electron chi connectivity index (χ4n) is 1.23.